The van der Waals surface area contributed by atoms with Crippen molar-refractivity contribution in [2.75, 3.05) is 19.4 Å². The second-order valence-electron chi connectivity index (χ2n) is 9.94. The van der Waals surface area contributed by atoms with Gasteiger partial charge in [0, 0.05) is 12.2 Å². The number of nitrogens with one attached hydrogen (secondary N) is 1. The Balaban J connectivity index is 2.43. The van der Waals surface area contributed by atoms with Crippen molar-refractivity contribution < 1.29 is 28.4 Å². The van der Waals surface area contributed by atoms with Gasteiger partial charge in [-0.3, -0.25) is 0 Å². The highest BCUT2D eigenvalue weighted by Gasteiger charge is 2.52. The molecule has 0 unspecified atom stereocenters. The molecule has 0 aromatic heterocycles. The van der Waals surface area contributed by atoms with E-state index in [0.29, 0.717) is 27.9 Å². The van der Waals surface area contributed by atoms with E-state index in [4.69, 9.17) is 24.5 Å². The Kier molecular flexibility index (Phi) is 7.36. The number of alkyl carbamates (subject to hydrolysis) is 1. The first-order chi connectivity index (χ1) is 14.6. The largest absolute Gasteiger partial charge is 0.492 e. The van der Waals surface area contributed by atoms with Crippen molar-refractivity contribution in [2.45, 2.75) is 72.2 Å². The van der Waals surface area contributed by atoms with Crippen LogP contribution in [0.3, 0.4) is 0 Å². The SMILES string of the molecule is COC(=O)c1cc(C=C(CNC(=O)OC(C)(C)C)B2OC(C)(C)C(C)(C)O2)cc(N)c1C. The summed E-state index contributed by atoms with van der Waals surface area (Å²) in [6, 6.07) is 3.44. The van der Waals surface area contributed by atoms with E-state index in [-0.39, 0.29) is 6.54 Å². The van der Waals surface area contributed by atoms with Gasteiger partial charge in [-0.1, -0.05) is 6.08 Å². The summed E-state index contributed by atoms with van der Waals surface area (Å²) in [4.78, 5) is 24.4. The van der Waals surface area contributed by atoms with E-state index in [0.717, 1.165) is 0 Å². The van der Waals surface area contributed by atoms with Crippen molar-refractivity contribution in [1.82, 2.24) is 5.32 Å². The first-order valence-electron chi connectivity index (χ1n) is 10.6. The summed E-state index contributed by atoms with van der Waals surface area (Å²) in [5.41, 5.74) is 7.14. The molecule has 1 aliphatic rings. The van der Waals surface area contributed by atoms with Crippen LogP contribution in [-0.4, -0.2) is 49.6 Å². The summed E-state index contributed by atoms with van der Waals surface area (Å²) >= 11 is 0. The van der Waals surface area contributed by atoms with Crippen LogP contribution in [-0.2, 0) is 18.8 Å². The Morgan fingerprint density at radius 1 is 1.16 bits per heavy atom. The van der Waals surface area contributed by atoms with E-state index < -0.39 is 36.0 Å². The van der Waals surface area contributed by atoms with Gasteiger partial charge in [-0.15, -0.1) is 0 Å². The number of nitrogen functional groups attached to an aromatic ring is 1. The summed E-state index contributed by atoms with van der Waals surface area (Å²) in [6.45, 7) is 15.1. The van der Waals surface area contributed by atoms with Crippen LogP contribution in [0.4, 0.5) is 10.5 Å². The third-order valence-electron chi connectivity index (χ3n) is 5.62. The highest BCUT2D eigenvalue weighted by Crippen LogP contribution is 2.39. The quantitative estimate of drug-likeness (QED) is 0.401. The lowest BCUT2D eigenvalue weighted by molar-refractivity contribution is 0.00578. The zero-order valence-corrected chi connectivity index (χ0v) is 20.5. The average molecular weight is 446 g/mol. The fourth-order valence-electron chi connectivity index (χ4n) is 3.06. The van der Waals surface area contributed by atoms with Gasteiger partial charge in [-0.25, -0.2) is 9.59 Å². The normalized spacial score (nSPS) is 17.8. The molecular weight excluding hydrogens is 411 g/mol. The minimum absolute atomic E-state index is 0.118. The van der Waals surface area contributed by atoms with Gasteiger partial charge in [0.25, 0.3) is 0 Å². The van der Waals surface area contributed by atoms with E-state index in [9.17, 15) is 9.59 Å². The molecule has 0 spiro atoms. The molecule has 0 aliphatic carbocycles. The van der Waals surface area contributed by atoms with Crippen molar-refractivity contribution in [3.63, 3.8) is 0 Å². The standard InChI is InChI=1S/C23H35BN2O6/c1-14-17(19(27)29-9)11-15(12-18(14)25)10-16(13-26-20(28)30-21(2,3)4)24-31-22(5,6)23(7,8)32-24/h10-12H,13,25H2,1-9H3,(H,26,28). The third kappa shape index (κ3) is 6.04. The lowest BCUT2D eigenvalue weighted by Crippen LogP contribution is -2.41. The number of hydrogen-bond acceptors (Lipinski definition) is 7. The number of methoxy groups -OCH3 is 1. The number of hydrogen-bond donors (Lipinski definition) is 2. The van der Waals surface area contributed by atoms with E-state index >= 15 is 0 Å². The summed E-state index contributed by atoms with van der Waals surface area (Å²) in [5, 5.41) is 2.75. The monoisotopic (exact) mass is 446 g/mol. The van der Waals surface area contributed by atoms with Gasteiger partial charge >= 0.3 is 19.2 Å². The third-order valence-corrected chi connectivity index (χ3v) is 5.62. The van der Waals surface area contributed by atoms with Crippen molar-refractivity contribution in [1.29, 1.82) is 0 Å². The van der Waals surface area contributed by atoms with Gasteiger partial charge in [0.1, 0.15) is 5.60 Å². The van der Waals surface area contributed by atoms with E-state index in [1.165, 1.54) is 7.11 Å². The Morgan fingerprint density at radius 3 is 2.22 bits per heavy atom. The molecular formula is C23H35BN2O6. The first-order valence-corrected chi connectivity index (χ1v) is 10.6. The fraction of sp³-hybridized carbons (Fsp3) is 0.565. The molecule has 1 amide bonds. The molecule has 3 N–H and O–H groups in total. The molecule has 1 saturated heterocycles. The molecule has 1 fully saturated rings. The maximum absolute atomic E-state index is 12.2. The molecule has 2 rings (SSSR count). The molecule has 32 heavy (non-hydrogen) atoms. The average Bonchev–Trinajstić information content (AvgIpc) is 2.86. The molecule has 9 heteroatoms. The molecule has 176 valence electrons. The number of rotatable bonds is 5. The number of benzene rings is 1. The molecule has 0 saturated carbocycles. The van der Waals surface area contributed by atoms with Crippen LogP contribution in [0.1, 0.15) is 70.0 Å². The number of nitrogens with two attached hydrogens (primary N) is 1. The van der Waals surface area contributed by atoms with Crippen molar-refractivity contribution >= 4 is 30.9 Å². The summed E-state index contributed by atoms with van der Waals surface area (Å²) in [6.07, 6.45) is 1.24. The van der Waals surface area contributed by atoms with Crippen molar-refractivity contribution in [3.8, 4) is 0 Å². The van der Waals surface area contributed by atoms with Gasteiger partial charge in [-0.2, -0.15) is 0 Å². The first kappa shape index (κ1) is 25.7. The molecule has 1 aromatic carbocycles. The minimum Gasteiger partial charge on any atom is -0.465 e. The van der Waals surface area contributed by atoms with Crippen LogP contribution < -0.4 is 11.1 Å². The van der Waals surface area contributed by atoms with Gasteiger partial charge in [0.15, 0.2) is 0 Å². The van der Waals surface area contributed by atoms with Gasteiger partial charge in [-0.05, 0) is 84.1 Å². The van der Waals surface area contributed by atoms with Crippen LogP contribution >= 0.6 is 0 Å². The van der Waals surface area contributed by atoms with Crippen LogP contribution in [0.2, 0.25) is 0 Å². The molecule has 1 aliphatic heterocycles. The second kappa shape index (κ2) is 9.15. The van der Waals surface area contributed by atoms with Crippen LogP contribution in [0.25, 0.3) is 6.08 Å². The molecule has 0 radical (unpaired) electrons. The van der Waals surface area contributed by atoms with Crippen LogP contribution in [0.5, 0.6) is 0 Å². The number of amides is 1. The number of ether oxygens (including phenoxy) is 2. The van der Waals surface area contributed by atoms with Gasteiger partial charge < -0.3 is 29.8 Å². The van der Waals surface area contributed by atoms with Crippen molar-refractivity contribution in [2.24, 2.45) is 0 Å². The van der Waals surface area contributed by atoms with E-state index in [2.05, 4.69) is 5.32 Å². The summed E-state index contributed by atoms with van der Waals surface area (Å²) in [5.74, 6) is -0.478. The Bertz CT molecular complexity index is 902. The molecule has 8 nitrogen and oxygen atoms in total. The predicted molar refractivity (Wildman–Crippen MR) is 125 cm³/mol. The summed E-state index contributed by atoms with van der Waals surface area (Å²) < 4.78 is 22.6. The lowest BCUT2D eigenvalue weighted by Gasteiger charge is -2.32. The molecule has 1 aromatic rings. The summed E-state index contributed by atoms with van der Waals surface area (Å²) in [7, 11) is 0.611. The topological polar surface area (TPSA) is 109 Å². The van der Waals surface area contributed by atoms with Gasteiger partial charge in [0.2, 0.25) is 0 Å². The van der Waals surface area contributed by atoms with Crippen LogP contribution in [0.15, 0.2) is 17.6 Å². The molecule has 0 atom stereocenters. The smallest absolute Gasteiger partial charge is 0.465 e. The Labute approximate surface area is 190 Å². The maximum atomic E-state index is 12.2. The second-order valence-corrected chi connectivity index (χ2v) is 9.94. The van der Waals surface area contributed by atoms with Crippen molar-refractivity contribution in [3.05, 3.63) is 34.3 Å². The zero-order valence-electron chi connectivity index (χ0n) is 20.5. The number of esters is 1. The highest BCUT2D eigenvalue weighted by atomic mass is 16.7. The molecule has 0 bridgehead atoms. The fourth-order valence-corrected chi connectivity index (χ4v) is 3.06. The number of anilines is 1. The highest BCUT2D eigenvalue weighted by molar-refractivity contribution is 6.56. The predicted octanol–water partition coefficient (Wildman–Crippen LogP) is 3.90. The van der Waals surface area contributed by atoms with Crippen LogP contribution in [0, 0.1) is 6.92 Å². The zero-order chi connectivity index (χ0) is 24.5. The Hall–Kier alpha value is -2.52. The maximum Gasteiger partial charge on any atom is 0.492 e. The Morgan fingerprint density at radius 2 is 1.72 bits per heavy atom. The van der Waals surface area contributed by atoms with E-state index in [1.807, 2.05) is 27.7 Å². The minimum atomic E-state index is -0.709. The molecule has 1 heterocycles. The number of carbonyl (C=O) groups excluding carboxylic acids is 2. The number of carbonyl (C=O) groups is 2. The van der Waals surface area contributed by atoms with Gasteiger partial charge in [0.05, 0.1) is 23.9 Å². The van der Waals surface area contributed by atoms with E-state index in [1.54, 1.807) is 45.9 Å². The lowest BCUT2D eigenvalue weighted by atomic mass is 9.76.